The number of aliphatic carboxylic acids is 1. The van der Waals surface area contributed by atoms with Crippen molar-refractivity contribution in [2.75, 3.05) is 13.2 Å². The molecule has 4 aromatic rings. The molecule has 1 N–H and O–H groups in total. The van der Waals surface area contributed by atoms with E-state index in [2.05, 4.69) is 43.0 Å². The summed E-state index contributed by atoms with van der Waals surface area (Å²) in [5.74, 6) is 7.68. The molecule has 2 aromatic carbocycles. The maximum Gasteiger partial charge on any atom is 0.341 e. The minimum atomic E-state index is -1.01. The number of aryl methyl sites for hydroxylation is 3. The molecule has 0 aliphatic rings. The fourth-order valence-electron chi connectivity index (χ4n) is 3.63. The number of benzene rings is 2. The first-order valence-electron chi connectivity index (χ1n) is 11.2. The van der Waals surface area contributed by atoms with Crippen molar-refractivity contribution in [3.63, 3.8) is 0 Å². The normalized spacial score (nSPS) is 11.9. The second-order valence-corrected chi connectivity index (χ2v) is 9.45. The van der Waals surface area contributed by atoms with E-state index in [1.807, 2.05) is 44.2 Å². The molecule has 0 bridgehead atoms. The fourth-order valence-corrected chi connectivity index (χ4v) is 4.36. The van der Waals surface area contributed by atoms with Crippen LogP contribution >= 0.6 is 11.3 Å². The molecule has 5 nitrogen and oxygen atoms in total. The van der Waals surface area contributed by atoms with Crippen LogP contribution in [0.1, 0.15) is 32.6 Å². The third-order valence-electron chi connectivity index (χ3n) is 5.29. The number of ether oxygens (including phenoxy) is 2. The van der Waals surface area contributed by atoms with Crippen LogP contribution in [0.2, 0.25) is 0 Å². The Morgan fingerprint density at radius 3 is 2.69 bits per heavy atom. The summed E-state index contributed by atoms with van der Waals surface area (Å²) in [5, 5.41) is 9.84. The lowest BCUT2D eigenvalue weighted by Gasteiger charge is -2.10. The highest BCUT2D eigenvalue weighted by Gasteiger charge is 2.09. The van der Waals surface area contributed by atoms with Crippen molar-refractivity contribution in [1.29, 1.82) is 0 Å². The minimum absolute atomic E-state index is 0.103. The summed E-state index contributed by atoms with van der Waals surface area (Å²) in [6, 6.07) is 17.6. The van der Waals surface area contributed by atoms with E-state index in [4.69, 9.17) is 19.0 Å². The van der Waals surface area contributed by atoms with E-state index >= 15 is 0 Å². The number of carboxylic acids is 1. The smallest absolute Gasteiger partial charge is 0.341 e. The number of rotatable bonds is 8. The molecule has 0 saturated heterocycles. The molecule has 2 heterocycles. The average molecular weight is 487 g/mol. The molecule has 0 aliphatic heterocycles. The third kappa shape index (κ3) is 6.56. The lowest BCUT2D eigenvalue weighted by atomic mass is 9.97. The first-order chi connectivity index (χ1) is 16.9. The van der Waals surface area contributed by atoms with E-state index in [9.17, 15) is 4.79 Å². The van der Waals surface area contributed by atoms with Gasteiger partial charge >= 0.3 is 5.97 Å². The molecule has 0 amide bonds. The van der Waals surface area contributed by atoms with Gasteiger partial charge in [0.2, 0.25) is 0 Å². The van der Waals surface area contributed by atoms with Crippen molar-refractivity contribution >= 4 is 28.3 Å². The van der Waals surface area contributed by atoms with Gasteiger partial charge in [0, 0.05) is 10.3 Å². The van der Waals surface area contributed by atoms with Gasteiger partial charge in [0.1, 0.15) is 29.4 Å². The molecule has 4 rings (SSSR count). The van der Waals surface area contributed by atoms with Crippen LogP contribution in [0.5, 0.6) is 11.5 Å². The van der Waals surface area contributed by atoms with Gasteiger partial charge in [-0.05, 0) is 86.5 Å². The van der Waals surface area contributed by atoms with Crippen molar-refractivity contribution in [3.8, 4) is 23.3 Å². The first-order valence-corrected chi connectivity index (χ1v) is 12.0. The van der Waals surface area contributed by atoms with Crippen LogP contribution in [0.3, 0.4) is 0 Å². The van der Waals surface area contributed by atoms with Crippen molar-refractivity contribution in [2.24, 2.45) is 0 Å². The molecule has 0 aliphatic carbocycles. The summed E-state index contributed by atoms with van der Waals surface area (Å²) in [5.41, 5.74) is 2.77. The number of hydrogen-bond acceptors (Lipinski definition) is 5. The van der Waals surface area contributed by atoms with E-state index in [0.29, 0.717) is 18.1 Å². The van der Waals surface area contributed by atoms with Crippen molar-refractivity contribution in [2.45, 2.75) is 26.7 Å². The highest BCUT2D eigenvalue weighted by Crippen LogP contribution is 2.26. The molecule has 6 heteroatoms. The van der Waals surface area contributed by atoms with Crippen LogP contribution in [0, 0.1) is 32.6 Å². The van der Waals surface area contributed by atoms with Gasteiger partial charge in [-0.3, -0.25) is 0 Å². The molecular weight excluding hydrogens is 460 g/mol. The zero-order valence-electron chi connectivity index (χ0n) is 19.8. The number of carbonyl (C=O) groups is 1. The molecule has 1 atom stereocenters. The lowest BCUT2D eigenvalue weighted by Crippen LogP contribution is -2.10. The summed E-state index contributed by atoms with van der Waals surface area (Å²) in [6.07, 6.45) is 4.02. The molecule has 0 spiro atoms. The van der Waals surface area contributed by atoms with Crippen LogP contribution in [0.15, 0.2) is 71.2 Å². The molecule has 0 radical (unpaired) electrons. The SMILES string of the molecule is Cc1cc2cc(C(C#Cc3ccc(C)s3)/C=C\COc3ccc(OCC(=O)O)c(C)c3)ccc2o1. The maximum atomic E-state index is 10.7. The van der Waals surface area contributed by atoms with Crippen molar-refractivity contribution < 1.29 is 23.8 Å². The standard InChI is InChI=1S/C29H26O5S/c1-19-15-25(9-13-27(19)33-18-29(30)31)32-14-4-5-22(7-11-26-10-6-21(3)35-26)23-8-12-28-24(17-23)16-20(2)34-28/h4-6,8-10,12-13,15-17,22H,14,18H2,1-3H3,(H,30,31)/b5-4-. The Hall–Kier alpha value is -3.95. The Labute approximate surface area is 208 Å². The van der Waals surface area contributed by atoms with E-state index < -0.39 is 5.97 Å². The monoisotopic (exact) mass is 486 g/mol. The summed E-state index contributed by atoms with van der Waals surface area (Å²) < 4.78 is 16.9. The second-order valence-electron chi connectivity index (χ2n) is 8.16. The summed E-state index contributed by atoms with van der Waals surface area (Å²) in [7, 11) is 0. The Bertz CT molecular complexity index is 1430. The van der Waals surface area contributed by atoms with Crippen LogP contribution < -0.4 is 9.47 Å². The largest absolute Gasteiger partial charge is 0.490 e. The van der Waals surface area contributed by atoms with Gasteiger partial charge in [-0.15, -0.1) is 11.3 Å². The van der Waals surface area contributed by atoms with Gasteiger partial charge in [-0.1, -0.05) is 24.0 Å². The lowest BCUT2D eigenvalue weighted by molar-refractivity contribution is -0.139. The predicted octanol–water partition coefficient (Wildman–Crippen LogP) is 6.65. The van der Waals surface area contributed by atoms with E-state index in [1.165, 1.54) is 4.88 Å². The third-order valence-corrected chi connectivity index (χ3v) is 6.20. The van der Waals surface area contributed by atoms with E-state index in [0.717, 1.165) is 32.7 Å². The summed E-state index contributed by atoms with van der Waals surface area (Å²) in [4.78, 5) is 13.0. The van der Waals surface area contributed by atoms with Crippen molar-refractivity contribution in [1.82, 2.24) is 0 Å². The molecule has 0 saturated carbocycles. The van der Waals surface area contributed by atoms with Gasteiger partial charge in [0.05, 0.1) is 10.8 Å². The van der Waals surface area contributed by atoms with Crippen LogP contribution in [0.4, 0.5) is 0 Å². The fraction of sp³-hybridized carbons (Fsp3) is 0.207. The minimum Gasteiger partial charge on any atom is -0.490 e. The number of hydrogen-bond donors (Lipinski definition) is 1. The molecule has 0 fully saturated rings. The molecule has 178 valence electrons. The Kier molecular flexibility index (Phi) is 7.59. The van der Waals surface area contributed by atoms with E-state index in [1.54, 1.807) is 23.5 Å². The Morgan fingerprint density at radius 2 is 1.94 bits per heavy atom. The quantitative estimate of drug-likeness (QED) is 0.223. The molecular formula is C29H26O5S. The molecule has 2 aromatic heterocycles. The number of carboxylic acid groups (broad SMARTS) is 1. The summed E-state index contributed by atoms with van der Waals surface area (Å²) >= 11 is 1.68. The van der Waals surface area contributed by atoms with Gasteiger partial charge in [-0.25, -0.2) is 4.79 Å². The number of thiophene rings is 1. The first kappa shape index (κ1) is 24.2. The maximum absolute atomic E-state index is 10.7. The average Bonchev–Trinajstić information content (AvgIpc) is 3.41. The van der Waals surface area contributed by atoms with Crippen LogP contribution in [-0.2, 0) is 4.79 Å². The van der Waals surface area contributed by atoms with Gasteiger partial charge in [-0.2, -0.15) is 0 Å². The van der Waals surface area contributed by atoms with Crippen LogP contribution in [-0.4, -0.2) is 24.3 Å². The Morgan fingerprint density at radius 1 is 1.09 bits per heavy atom. The molecule has 35 heavy (non-hydrogen) atoms. The summed E-state index contributed by atoms with van der Waals surface area (Å²) in [6.45, 7) is 5.87. The highest BCUT2D eigenvalue weighted by atomic mass is 32.1. The van der Waals surface area contributed by atoms with Crippen molar-refractivity contribution in [3.05, 3.63) is 93.4 Å². The molecule has 1 unspecified atom stereocenters. The zero-order chi connectivity index (χ0) is 24.8. The topological polar surface area (TPSA) is 68.9 Å². The second kappa shape index (κ2) is 11.0. The highest BCUT2D eigenvalue weighted by molar-refractivity contribution is 7.12. The van der Waals surface area contributed by atoms with Gasteiger partial charge in [0.15, 0.2) is 6.61 Å². The zero-order valence-corrected chi connectivity index (χ0v) is 20.6. The predicted molar refractivity (Wildman–Crippen MR) is 139 cm³/mol. The van der Waals surface area contributed by atoms with Gasteiger partial charge < -0.3 is 19.0 Å². The van der Waals surface area contributed by atoms with Gasteiger partial charge in [0.25, 0.3) is 0 Å². The number of fused-ring (bicyclic) bond motifs is 1. The van der Waals surface area contributed by atoms with E-state index in [-0.39, 0.29) is 12.5 Å². The number of furan rings is 1. The van der Waals surface area contributed by atoms with Crippen LogP contribution in [0.25, 0.3) is 11.0 Å². The number of allylic oxidation sites excluding steroid dienone is 1. The Balaban J connectivity index is 1.48.